The van der Waals surface area contributed by atoms with Gasteiger partial charge in [-0.3, -0.25) is 0 Å². The summed E-state index contributed by atoms with van der Waals surface area (Å²) in [6.45, 7) is 1.71. The number of carbonyl (C=O) groups is 1. The SMILES string of the molecule is COc1cccnc1Oc1ccc(C(=O)O)c(C)c1. The molecule has 0 bridgehead atoms. The van der Waals surface area contributed by atoms with Gasteiger partial charge in [0.1, 0.15) is 5.75 Å². The molecule has 0 atom stereocenters. The van der Waals surface area contributed by atoms with Crippen molar-refractivity contribution in [3.05, 3.63) is 47.7 Å². The van der Waals surface area contributed by atoms with E-state index in [0.29, 0.717) is 22.9 Å². The number of methoxy groups -OCH3 is 1. The molecule has 0 aliphatic carbocycles. The fourth-order valence-electron chi connectivity index (χ4n) is 1.66. The number of rotatable bonds is 4. The molecular weight excluding hydrogens is 246 g/mol. The smallest absolute Gasteiger partial charge is 0.335 e. The summed E-state index contributed by atoms with van der Waals surface area (Å²) in [7, 11) is 1.53. The predicted molar refractivity (Wildman–Crippen MR) is 69.0 cm³/mol. The fraction of sp³-hybridized carbons (Fsp3) is 0.143. The van der Waals surface area contributed by atoms with E-state index in [1.807, 2.05) is 0 Å². The second-order valence-corrected chi connectivity index (χ2v) is 3.89. The van der Waals surface area contributed by atoms with Gasteiger partial charge in [0.05, 0.1) is 12.7 Å². The van der Waals surface area contributed by atoms with Gasteiger partial charge < -0.3 is 14.6 Å². The van der Waals surface area contributed by atoms with Crippen LogP contribution in [-0.2, 0) is 0 Å². The third kappa shape index (κ3) is 2.82. The minimum Gasteiger partial charge on any atom is -0.491 e. The molecule has 19 heavy (non-hydrogen) atoms. The van der Waals surface area contributed by atoms with Gasteiger partial charge in [0.25, 0.3) is 5.88 Å². The minimum atomic E-state index is -0.959. The lowest BCUT2D eigenvalue weighted by Crippen LogP contribution is -2.00. The second-order valence-electron chi connectivity index (χ2n) is 3.89. The summed E-state index contributed by atoms with van der Waals surface area (Å²) in [5.41, 5.74) is 0.875. The maximum absolute atomic E-state index is 10.9. The Morgan fingerprint density at radius 1 is 1.32 bits per heavy atom. The van der Waals surface area contributed by atoms with Crippen LogP contribution in [0.2, 0.25) is 0 Å². The Hall–Kier alpha value is -2.56. The van der Waals surface area contributed by atoms with E-state index in [0.717, 1.165) is 0 Å². The number of ether oxygens (including phenoxy) is 2. The van der Waals surface area contributed by atoms with Crippen LogP contribution in [0, 0.1) is 6.92 Å². The molecule has 0 amide bonds. The van der Waals surface area contributed by atoms with Crippen LogP contribution in [0.4, 0.5) is 0 Å². The van der Waals surface area contributed by atoms with Gasteiger partial charge in [-0.1, -0.05) is 0 Å². The molecule has 5 heteroatoms. The highest BCUT2D eigenvalue weighted by Gasteiger charge is 2.10. The number of aromatic carboxylic acids is 1. The Bertz CT molecular complexity index is 610. The lowest BCUT2D eigenvalue weighted by molar-refractivity contribution is 0.0696. The number of nitrogens with zero attached hydrogens (tertiary/aromatic N) is 1. The third-order valence-electron chi connectivity index (χ3n) is 2.60. The molecule has 0 radical (unpaired) electrons. The van der Waals surface area contributed by atoms with Crippen molar-refractivity contribution in [2.24, 2.45) is 0 Å². The van der Waals surface area contributed by atoms with E-state index in [1.165, 1.54) is 13.2 Å². The van der Waals surface area contributed by atoms with Crippen LogP contribution < -0.4 is 9.47 Å². The normalized spacial score (nSPS) is 10.0. The first-order valence-electron chi connectivity index (χ1n) is 5.62. The van der Waals surface area contributed by atoms with Crippen molar-refractivity contribution in [3.8, 4) is 17.4 Å². The minimum absolute atomic E-state index is 0.250. The zero-order chi connectivity index (χ0) is 13.8. The number of pyridine rings is 1. The molecule has 0 aliphatic rings. The Labute approximate surface area is 110 Å². The van der Waals surface area contributed by atoms with E-state index < -0.39 is 5.97 Å². The monoisotopic (exact) mass is 259 g/mol. The molecule has 1 aromatic heterocycles. The molecule has 0 spiro atoms. The Morgan fingerprint density at radius 3 is 2.74 bits per heavy atom. The van der Waals surface area contributed by atoms with Gasteiger partial charge in [-0.05, 0) is 42.8 Å². The zero-order valence-electron chi connectivity index (χ0n) is 10.6. The molecule has 0 aliphatic heterocycles. The van der Waals surface area contributed by atoms with Gasteiger partial charge >= 0.3 is 5.97 Å². The number of carboxylic acids is 1. The standard InChI is InChI=1S/C14H13NO4/c1-9-8-10(5-6-11(9)14(16)17)19-13-12(18-2)4-3-7-15-13/h3-8H,1-2H3,(H,16,17). The lowest BCUT2D eigenvalue weighted by Gasteiger charge is -2.09. The van der Waals surface area contributed by atoms with Crippen LogP contribution in [0.15, 0.2) is 36.5 Å². The highest BCUT2D eigenvalue weighted by atomic mass is 16.5. The van der Waals surface area contributed by atoms with Crippen molar-refractivity contribution in [3.63, 3.8) is 0 Å². The fourth-order valence-corrected chi connectivity index (χ4v) is 1.66. The Balaban J connectivity index is 2.29. The van der Waals surface area contributed by atoms with Gasteiger partial charge in [0.2, 0.25) is 0 Å². The molecule has 5 nitrogen and oxygen atoms in total. The number of carboxylic acid groups (broad SMARTS) is 1. The molecule has 1 N–H and O–H groups in total. The number of aromatic nitrogens is 1. The topological polar surface area (TPSA) is 68.7 Å². The first kappa shape index (κ1) is 12.9. The van der Waals surface area contributed by atoms with Gasteiger partial charge in [-0.15, -0.1) is 0 Å². The van der Waals surface area contributed by atoms with Crippen molar-refractivity contribution in [2.45, 2.75) is 6.92 Å². The molecule has 2 rings (SSSR count). The van der Waals surface area contributed by atoms with E-state index in [2.05, 4.69) is 4.98 Å². The van der Waals surface area contributed by atoms with Crippen LogP contribution >= 0.6 is 0 Å². The van der Waals surface area contributed by atoms with Crippen LogP contribution in [0.25, 0.3) is 0 Å². The largest absolute Gasteiger partial charge is 0.491 e. The molecule has 0 saturated carbocycles. The quantitative estimate of drug-likeness (QED) is 0.914. The summed E-state index contributed by atoms with van der Waals surface area (Å²) in [6.07, 6.45) is 1.59. The molecule has 0 saturated heterocycles. The van der Waals surface area contributed by atoms with E-state index in [1.54, 1.807) is 37.4 Å². The Morgan fingerprint density at radius 2 is 2.11 bits per heavy atom. The number of hydrogen-bond acceptors (Lipinski definition) is 4. The summed E-state index contributed by atoms with van der Waals surface area (Å²) < 4.78 is 10.7. The number of aryl methyl sites for hydroxylation is 1. The van der Waals surface area contributed by atoms with E-state index >= 15 is 0 Å². The first-order chi connectivity index (χ1) is 9.11. The molecule has 1 aromatic carbocycles. The Kier molecular flexibility index (Phi) is 3.66. The van der Waals surface area contributed by atoms with Gasteiger partial charge in [-0.2, -0.15) is 0 Å². The van der Waals surface area contributed by atoms with Crippen molar-refractivity contribution < 1.29 is 19.4 Å². The summed E-state index contributed by atoms with van der Waals surface area (Å²) in [5.74, 6) is 0.411. The van der Waals surface area contributed by atoms with Crippen molar-refractivity contribution in [1.82, 2.24) is 4.98 Å². The predicted octanol–water partition coefficient (Wildman–Crippen LogP) is 2.89. The van der Waals surface area contributed by atoms with Crippen molar-refractivity contribution in [2.75, 3.05) is 7.11 Å². The van der Waals surface area contributed by atoms with Gasteiger partial charge in [0.15, 0.2) is 5.75 Å². The highest BCUT2D eigenvalue weighted by molar-refractivity contribution is 5.89. The van der Waals surface area contributed by atoms with E-state index in [4.69, 9.17) is 14.6 Å². The lowest BCUT2D eigenvalue weighted by atomic mass is 10.1. The summed E-state index contributed by atoms with van der Waals surface area (Å²) in [5, 5.41) is 8.96. The molecule has 2 aromatic rings. The van der Waals surface area contributed by atoms with Gasteiger partial charge in [-0.25, -0.2) is 9.78 Å². The molecule has 0 unspecified atom stereocenters. The van der Waals surface area contributed by atoms with E-state index in [9.17, 15) is 4.79 Å². The van der Waals surface area contributed by atoms with Crippen molar-refractivity contribution in [1.29, 1.82) is 0 Å². The van der Waals surface area contributed by atoms with Crippen LogP contribution in [-0.4, -0.2) is 23.2 Å². The average molecular weight is 259 g/mol. The van der Waals surface area contributed by atoms with Crippen LogP contribution in [0.5, 0.6) is 17.4 Å². The number of benzene rings is 1. The average Bonchev–Trinajstić information content (AvgIpc) is 2.39. The van der Waals surface area contributed by atoms with Crippen LogP contribution in [0.1, 0.15) is 15.9 Å². The molecule has 0 fully saturated rings. The maximum Gasteiger partial charge on any atom is 0.335 e. The van der Waals surface area contributed by atoms with Gasteiger partial charge in [0, 0.05) is 6.20 Å². The first-order valence-corrected chi connectivity index (χ1v) is 5.62. The summed E-state index contributed by atoms with van der Waals surface area (Å²) >= 11 is 0. The highest BCUT2D eigenvalue weighted by Crippen LogP contribution is 2.29. The molecule has 1 heterocycles. The van der Waals surface area contributed by atoms with Crippen LogP contribution in [0.3, 0.4) is 0 Å². The second kappa shape index (κ2) is 5.39. The third-order valence-corrected chi connectivity index (χ3v) is 2.60. The summed E-state index contributed by atoms with van der Waals surface area (Å²) in [4.78, 5) is 15.0. The summed E-state index contributed by atoms with van der Waals surface area (Å²) in [6, 6.07) is 8.22. The molecular formula is C14H13NO4. The maximum atomic E-state index is 10.9. The molecule has 98 valence electrons. The van der Waals surface area contributed by atoms with E-state index in [-0.39, 0.29) is 5.56 Å². The zero-order valence-corrected chi connectivity index (χ0v) is 10.6. The number of hydrogen-bond donors (Lipinski definition) is 1. The van der Waals surface area contributed by atoms with Crippen molar-refractivity contribution >= 4 is 5.97 Å².